The van der Waals surface area contributed by atoms with E-state index in [2.05, 4.69) is 9.97 Å². The summed E-state index contributed by atoms with van der Waals surface area (Å²) >= 11 is 2.74. The van der Waals surface area contributed by atoms with Gasteiger partial charge in [0.2, 0.25) is 0 Å². The van der Waals surface area contributed by atoms with Gasteiger partial charge in [-0.15, -0.1) is 11.3 Å². The summed E-state index contributed by atoms with van der Waals surface area (Å²) in [6.45, 7) is -2.65. The summed E-state index contributed by atoms with van der Waals surface area (Å²) in [7, 11) is 3.17. The first kappa shape index (κ1) is 19.7. The van der Waals surface area contributed by atoms with Gasteiger partial charge in [-0.3, -0.25) is 4.57 Å². The van der Waals surface area contributed by atoms with Crippen molar-refractivity contribution in [2.24, 2.45) is 0 Å². The van der Waals surface area contributed by atoms with Crippen molar-refractivity contribution in [2.75, 3.05) is 14.2 Å². The van der Waals surface area contributed by atoms with E-state index in [0.29, 0.717) is 28.3 Å². The zero-order valence-corrected chi connectivity index (χ0v) is 17.3. The topological polar surface area (TPSA) is 49.2 Å². The molecular formula is C20H17F2N3O2S2. The second-order valence-electron chi connectivity index (χ2n) is 6.03. The van der Waals surface area contributed by atoms with Crippen LogP contribution in [-0.2, 0) is 5.75 Å². The van der Waals surface area contributed by atoms with Gasteiger partial charge in [-0.25, -0.2) is 9.97 Å². The molecule has 0 saturated heterocycles. The van der Waals surface area contributed by atoms with E-state index in [9.17, 15) is 8.78 Å². The average Bonchev–Trinajstić information content (AvgIpc) is 3.36. The van der Waals surface area contributed by atoms with E-state index in [0.717, 1.165) is 20.8 Å². The Labute approximate surface area is 174 Å². The zero-order chi connectivity index (χ0) is 20.4. The SMILES string of the molecule is COc1ccc(-c2nc(CSc3nc4ccccc4n3C(F)F)cs2)cc1OC. The molecule has 4 aromatic rings. The number of rotatable bonds is 7. The van der Waals surface area contributed by atoms with E-state index < -0.39 is 6.55 Å². The summed E-state index contributed by atoms with van der Waals surface area (Å²) in [4.78, 5) is 8.98. The lowest BCUT2D eigenvalue weighted by atomic mass is 10.2. The van der Waals surface area contributed by atoms with E-state index >= 15 is 0 Å². The van der Waals surface area contributed by atoms with E-state index in [4.69, 9.17) is 9.47 Å². The normalized spacial score (nSPS) is 11.3. The molecule has 0 spiro atoms. The second kappa shape index (κ2) is 8.38. The number of nitrogens with zero attached hydrogens (tertiary/aromatic N) is 3. The molecule has 0 radical (unpaired) electrons. The number of thioether (sulfide) groups is 1. The fraction of sp³-hybridized carbons (Fsp3) is 0.200. The number of hydrogen-bond acceptors (Lipinski definition) is 6. The molecule has 2 heterocycles. The van der Waals surface area contributed by atoms with Gasteiger partial charge in [0.1, 0.15) is 5.01 Å². The highest BCUT2D eigenvalue weighted by Crippen LogP contribution is 2.35. The molecular weight excluding hydrogens is 416 g/mol. The summed E-state index contributed by atoms with van der Waals surface area (Å²) in [5.74, 6) is 1.72. The highest BCUT2D eigenvalue weighted by atomic mass is 32.2. The number of aromatic nitrogens is 3. The van der Waals surface area contributed by atoms with Gasteiger partial charge in [0.25, 0.3) is 0 Å². The Morgan fingerprint density at radius 3 is 2.62 bits per heavy atom. The van der Waals surface area contributed by atoms with Gasteiger partial charge in [0.15, 0.2) is 16.7 Å². The van der Waals surface area contributed by atoms with Gasteiger partial charge < -0.3 is 9.47 Å². The van der Waals surface area contributed by atoms with Gasteiger partial charge in [-0.1, -0.05) is 23.9 Å². The number of imidazole rings is 1. The first-order valence-electron chi connectivity index (χ1n) is 8.65. The summed E-state index contributed by atoms with van der Waals surface area (Å²) in [6.07, 6.45) is 0. The average molecular weight is 434 g/mol. The van der Waals surface area contributed by atoms with Gasteiger partial charge in [-0.05, 0) is 30.3 Å². The Bertz CT molecular complexity index is 1140. The van der Waals surface area contributed by atoms with Crippen molar-refractivity contribution >= 4 is 34.1 Å². The number of thiazole rings is 1. The molecule has 150 valence electrons. The smallest absolute Gasteiger partial charge is 0.321 e. The van der Waals surface area contributed by atoms with E-state index in [1.54, 1.807) is 38.5 Å². The molecule has 0 aliphatic rings. The highest BCUT2D eigenvalue weighted by molar-refractivity contribution is 7.98. The van der Waals surface area contributed by atoms with Crippen molar-refractivity contribution in [3.05, 3.63) is 53.5 Å². The van der Waals surface area contributed by atoms with Crippen LogP contribution in [0.5, 0.6) is 11.5 Å². The minimum absolute atomic E-state index is 0.280. The highest BCUT2D eigenvalue weighted by Gasteiger charge is 2.18. The number of methoxy groups -OCH3 is 2. The minimum Gasteiger partial charge on any atom is -0.493 e. The van der Waals surface area contributed by atoms with Gasteiger partial charge in [0.05, 0.1) is 30.9 Å². The number of benzene rings is 2. The van der Waals surface area contributed by atoms with Gasteiger partial charge in [-0.2, -0.15) is 8.78 Å². The van der Waals surface area contributed by atoms with Crippen LogP contribution in [0.25, 0.3) is 21.6 Å². The first-order chi connectivity index (χ1) is 14.1. The summed E-state index contributed by atoms with van der Waals surface area (Å²) in [6, 6.07) is 12.5. The number of halogens is 2. The summed E-state index contributed by atoms with van der Waals surface area (Å²) in [5.41, 5.74) is 2.69. The summed E-state index contributed by atoms with van der Waals surface area (Å²) < 4.78 is 38.7. The number of ether oxygens (including phenoxy) is 2. The van der Waals surface area contributed by atoms with Crippen molar-refractivity contribution < 1.29 is 18.3 Å². The Balaban J connectivity index is 1.55. The van der Waals surface area contributed by atoms with Crippen molar-refractivity contribution in [3.8, 4) is 22.1 Å². The predicted octanol–water partition coefficient (Wildman–Crippen LogP) is 5.86. The Morgan fingerprint density at radius 2 is 1.86 bits per heavy atom. The number of hydrogen-bond donors (Lipinski definition) is 0. The van der Waals surface area contributed by atoms with E-state index in [-0.39, 0.29) is 5.16 Å². The lowest BCUT2D eigenvalue weighted by Gasteiger charge is -2.08. The van der Waals surface area contributed by atoms with Crippen LogP contribution >= 0.6 is 23.1 Å². The van der Waals surface area contributed by atoms with Crippen molar-refractivity contribution in [1.29, 1.82) is 0 Å². The Morgan fingerprint density at radius 1 is 1.07 bits per heavy atom. The zero-order valence-electron chi connectivity index (χ0n) is 15.6. The third-order valence-corrected chi connectivity index (χ3v) is 6.22. The van der Waals surface area contributed by atoms with Crippen LogP contribution < -0.4 is 9.47 Å². The molecule has 5 nitrogen and oxygen atoms in total. The third kappa shape index (κ3) is 3.92. The standard InChI is InChI=1S/C20H17F2N3O2S2/c1-26-16-8-7-12(9-17(16)27-2)18-23-13(10-28-18)11-29-20-24-14-5-3-4-6-15(14)25(20)19(21)22/h3-10,19H,11H2,1-2H3. The molecule has 0 saturated carbocycles. The van der Waals surface area contributed by atoms with Crippen LogP contribution in [0, 0.1) is 0 Å². The summed E-state index contributed by atoms with van der Waals surface area (Å²) in [5, 5.41) is 3.03. The first-order valence-corrected chi connectivity index (χ1v) is 10.5. The lowest BCUT2D eigenvalue weighted by molar-refractivity contribution is 0.0656. The van der Waals surface area contributed by atoms with Crippen molar-refractivity contribution in [2.45, 2.75) is 17.5 Å². The molecule has 0 atom stereocenters. The maximum atomic E-state index is 13.5. The van der Waals surface area contributed by atoms with Crippen molar-refractivity contribution in [3.63, 3.8) is 0 Å². The van der Waals surface area contributed by atoms with E-state index in [1.807, 2.05) is 23.6 Å². The lowest BCUT2D eigenvalue weighted by Crippen LogP contribution is -2.00. The molecule has 0 unspecified atom stereocenters. The van der Waals surface area contributed by atoms with Gasteiger partial charge in [0, 0.05) is 16.7 Å². The molecule has 2 aromatic carbocycles. The molecule has 0 amide bonds. The van der Waals surface area contributed by atoms with E-state index in [1.165, 1.54) is 23.1 Å². The maximum absolute atomic E-state index is 13.5. The maximum Gasteiger partial charge on any atom is 0.321 e. The molecule has 9 heteroatoms. The molecule has 0 aliphatic heterocycles. The third-order valence-electron chi connectivity index (χ3n) is 4.29. The monoisotopic (exact) mass is 433 g/mol. The number of alkyl halides is 2. The predicted molar refractivity (Wildman–Crippen MR) is 111 cm³/mol. The van der Waals surface area contributed by atoms with Crippen molar-refractivity contribution in [1.82, 2.24) is 14.5 Å². The molecule has 0 bridgehead atoms. The Kier molecular flexibility index (Phi) is 5.68. The second-order valence-corrected chi connectivity index (χ2v) is 7.83. The fourth-order valence-electron chi connectivity index (χ4n) is 2.93. The van der Waals surface area contributed by atoms with Crippen LogP contribution in [0.1, 0.15) is 12.2 Å². The van der Waals surface area contributed by atoms with Crippen LogP contribution in [0.2, 0.25) is 0 Å². The number of fused-ring (bicyclic) bond motifs is 1. The minimum atomic E-state index is -2.65. The Hall–Kier alpha value is -2.65. The number of para-hydroxylation sites is 2. The molecule has 0 N–H and O–H groups in total. The van der Waals surface area contributed by atoms with Crippen LogP contribution in [0.4, 0.5) is 8.78 Å². The van der Waals surface area contributed by atoms with Gasteiger partial charge >= 0.3 is 6.55 Å². The fourth-order valence-corrected chi connectivity index (χ4v) is 4.75. The van der Waals surface area contributed by atoms with Crippen LogP contribution in [0.15, 0.2) is 53.0 Å². The molecule has 29 heavy (non-hydrogen) atoms. The largest absolute Gasteiger partial charge is 0.493 e. The molecule has 4 rings (SSSR count). The van der Waals surface area contributed by atoms with Crippen LogP contribution in [-0.4, -0.2) is 28.8 Å². The molecule has 2 aromatic heterocycles. The molecule has 0 aliphatic carbocycles. The quantitative estimate of drug-likeness (QED) is 0.342. The molecule has 0 fully saturated rings. The van der Waals surface area contributed by atoms with Crippen LogP contribution in [0.3, 0.4) is 0 Å².